The van der Waals surface area contributed by atoms with Crippen LogP contribution in [0.4, 0.5) is 4.79 Å². The number of carbonyl (C=O) groups is 3. The lowest BCUT2D eigenvalue weighted by atomic mass is 10.0. The third-order valence-electron chi connectivity index (χ3n) is 4.88. The number of esters is 1. The van der Waals surface area contributed by atoms with Gasteiger partial charge in [-0.15, -0.1) is 11.6 Å². The van der Waals surface area contributed by atoms with E-state index in [1.54, 1.807) is 11.8 Å². The first-order valence-corrected chi connectivity index (χ1v) is 10.7. The number of unbranched alkanes of at least 4 members (excludes halogenated alkanes) is 1. The van der Waals surface area contributed by atoms with Crippen LogP contribution in [-0.4, -0.2) is 51.8 Å². The van der Waals surface area contributed by atoms with Crippen molar-refractivity contribution in [1.82, 2.24) is 10.2 Å². The van der Waals surface area contributed by atoms with Gasteiger partial charge >= 0.3 is 12.0 Å². The standard InChI is InChI=1S/C19H23ClN2O4S/c20-10-16(23)22-14-12-27-15(18(14)21-19(22)25)8-4-5-9-17(24)26-11-13-6-2-1-3-7-13/h1-3,6-7,14-15,18H,4-5,8-12H2,(H,21,25). The minimum atomic E-state index is -0.343. The molecule has 0 spiro atoms. The summed E-state index contributed by atoms with van der Waals surface area (Å²) in [7, 11) is 0. The molecule has 0 radical (unpaired) electrons. The summed E-state index contributed by atoms with van der Waals surface area (Å²) >= 11 is 7.37. The van der Waals surface area contributed by atoms with E-state index in [0.717, 1.165) is 30.6 Å². The maximum Gasteiger partial charge on any atom is 0.324 e. The highest BCUT2D eigenvalue weighted by Crippen LogP contribution is 2.37. The van der Waals surface area contributed by atoms with Gasteiger partial charge in [-0.25, -0.2) is 4.79 Å². The average molecular weight is 411 g/mol. The second-order valence-corrected chi connectivity index (χ2v) is 8.24. The number of fused-ring (bicyclic) bond motifs is 1. The molecule has 3 rings (SSSR count). The number of ether oxygens (including phenoxy) is 1. The highest BCUT2D eigenvalue weighted by molar-refractivity contribution is 8.00. The molecule has 0 saturated carbocycles. The first-order valence-electron chi connectivity index (χ1n) is 9.10. The molecule has 3 atom stereocenters. The molecule has 0 bridgehead atoms. The zero-order valence-corrected chi connectivity index (χ0v) is 16.5. The van der Waals surface area contributed by atoms with Gasteiger partial charge in [0, 0.05) is 17.4 Å². The fourth-order valence-electron chi connectivity index (χ4n) is 3.51. The van der Waals surface area contributed by atoms with Crippen molar-refractivity contribution < 1.29 is 19.1 Å². The quantitative estimate of drug-likeness (QED) is 0.308. The lowest BCUT2D eigenvalue weighted by Gasteiger charge is -2.19. The van der Waals surface area contributed by atoms with Crippen molar-refractivity contribution in [2.75, 3.05) is 11.6 Å². The summed E-state index contributed by atoms with van der Waals surface area (Å²) in [6, 6.07) is 9.12. The first kappa shape index (κ1) is 20.0. The van der Waals surface area contributed by atoms with E-state index in [1.165, 1.54) is 4.90 Å². The van der Waals surface area contributed by atoms with Crippen LogP contribution in [0.1, 0.15) is 31.2 Å². The maximum absolute atomic E-state index is 12.0. The average Bonchev–Trinajstić information content (AvgIpc) is 3.21. The Balaban J connectivity index is 1.36. The van der Waals surface area contributed by atoms with E-state index in [4.69, 9.17) is 16.3 Å². The Kier molecular flexibility index (Phi) is 7.01. The van der Waals surface area contributed by atoms with Crippen molar-refractivity contribution in [3.8, 4) is 0 Å². The highest BCUT2D eigenvalue weighted by Gasteiger charge is 2.49. The number of halogens is 1. The van der Waals surface area contributed by atoms with Gasteiger partial charge in [0.1, 0.15) is 12.5 Å². The molecule has 3 unspecified atom stereocenters. The molecule has 3 amide bonds. The van der Waals surface area contributed by atoms with Crippen LogP contribution in [0.5, 0.6) is 0 Å². The third kappa shape index (κ3) is 4.96. The minimum Gasteiger partial charge on any atom is -0.461 e. The number of urea groups is 1. The number of rotatable bonds is 8. The normalized spacial score (nSPS) is 23.8. The van der Waals surface area contributed by atoms with Gasteiger partial charge in [0.2, 0.25) is 5.91 Å². The number of imide groups is 1. The van der Waals surface area contributed by atoms with Crippen LogP contribution in [0.15, 0.2) is 30.3 Å². The molecule has 0 aromatic heterocycles. The maximum atomic E-state index is 12.0. The molecule has 8 heteroatoms. The molecule has 27 heavy (non-hydrogen) atoms. The second-order valence-electron chi connectivity index (χ2n) is 6.70. The summed E-state index contributed by atoms with van der Waals surface area (Å²) in [5.41, 5.74) is 0.979. The molecule has 2 aliphatic rings. The predicted octanol–water partition coefficient (Wildman–Crippen LogP) is 2.93. The Morgan fingerprint density at radius 3 is 2.78 bits per heavy atom. The van der Waals surface area contributed by atoms with Crippen LogP contribution < -0.4 is 5.32 Å². The van der Waals surface area contributed by atoms with E-state index < -0.39 is 0 Å². The summed E-state index contributed by atoms with van der Waals surface area (Å²) in [6.07, 6.45) is 2.91. The summed E-state index contributed by atoms with van der Waals surface area (Å²) in [4.78, 5) is 37.0. The molecule has 2 aliphatic heterocycles. The predicted molar refractivity (Wildman–Crippen MR) is 105 cm³/mol. The molecule has 2 heterocycles. The number of hydrogen-bond donors (Lipinski definition) is 1. The number of benzene rings is 1. The van der Waals surface area contributed by atoms with E-state index in [2.05, 4.69) is 5.32 Å². The number of nitrogens with zero attached hydrogens (tertiary/aromatic N) is 1. The van der Waals surface area contributed by atoms with Gasteiger partial charge in [0.25, 0.3) is 0 Å². The zero-order valence-electron chi connectivity index (χ0n) is 14.9. The fraction of sp³-hybridized carbons (Fsp3) is 0.526. The van der Waals surface area contributed by atoms with Crippen molar-refractivity contribution in [3.63, 3.8) is 0 Å². The van der Waals surface area contributed by atoms with Gasteiger partial charge in [-0.2, -0.15) is 11.8 Å². The molecule has 1 aromatic rings. The summed E-state index contributed by atoms with van der Waals surface area (Å²) in [5.74, 6) is 0.0142. The number of nitrogens with one attached hydrogen (secondary N) is 1. The first-order chi connectivity index (χ1) is 13.1. The van der Waals surface area contributed by atoms with Crippen molar-refractivity contribution in [3.05, 3.63) is 35.9 Å². The van der Waals surface area contributed by atoms with Crippen LogP contribution in [-0.2, 0) is 20.9 Å². The second kappa shape index (κ2) is 9.46. The molecular weight excluding hydrogens is 388 g/mol. The summed E-state index contributed by atoms with van der Waals surface area (Å²) < 4.78 is 5.28. The van der Waals surface area contributed by atoms with Crippen molar-refractivity contribution in [2.45, 2.75) is 49.6 Å². The van der Waals surface area contributed by atoms with Gasteiger partial charge in [-0.05, 0) is 18.4 Å². The SMILES string of the molecule is O=C(CCCCC1SCC2C1NC(=O)N2C(=O)CCl)OCc1ccccc1. The lowest BCUT2D eigenvalue weighted by Crippen LogP contribution is -2.42. The third-order valence-corrected chi connectivity index (χ3v) is 6.60. The molecule has 2 fully saturated rings. The molecule has 6 nitrogen and oxygen atoms in total. The fourth-order valence-corrected chi connectivity index (χ4v) is 5.23. The van der Waals surface area contributed by atoms with Crippen molar-refractivity contribution in [2.24, 2.45) is 0 Å². The van der Waals surface area contributed by atoms with E-state index in [9.17, 15) is 14.4 Å². The number of carbonyl (C=O) groups excluding carboxylic acids is 3. The number of hydrogen-bond acceptors (Lipinski definition) is 5. The van der Waals surface area contributed by atoms with Crippen LogP contribution in [0.3, 0.4) is 0 Å². The Labute approximate surface area is 167 Å². The molecular formula is C19H23ClN2O4S. The van der Waals surface area contributed by atoms with Crippen LogP contribution in [0.2, 0.25) is 0 Å². The zero-order chi connectivity index (χ0) is 19.2. The monoisotopic (exact) mass is 410 g/mol. The molecule has 1 aromatic carbocycles. The molecule has 146 valence electrons. The lowest BCUT2D eigenvalue weighted by molar-refractivity contribution is -0.145. The van der Waals surface area contributed by atoms with Gasteiger partial charge in [0.05, 0.1) is 12.1 Å². The summed E-state index contributed by atoms with van der Waals surface area (Å²) in [6.45, 7) is 0.304. The van der Waals surface area contributed by atoms with Crippen LogP contribution in [0, 0.1) is 0 Å². The summed E-state index contributed by atoms with van der Waals surface area (Å²) in [5, 5.41) is 3.17. The Hall–Kier alpha value is -1.73. The largest absolute Gasteiger partial charge is 0.461 e. The molecule has 0 aliphatic carbocycles. The van der Waals surface area contributed by atoms with Gasteiger partial charge < -0.3 is 10.1 Å². The Bertz CT molecular complexity index is 688. The van der Waals surface area contributed by atoms with E-state index >= 15 is 0 Å². The van der Waals surface area contributed by atoms with E-state index in [0.29, 0.717) is 13.0 Å². The van der Waals surface area contributed by atoms with Gasteiger partial charge in [-0.1, -0.05) is 36.8 Å². The van der Waals surface area contributed by atoms with Gasteiger partial charge in [0.15, 0.2) is 0 Å². The highest BCUT2D eigenvalue weighted by atomic mass is 35.5. The van der Waals surface area contributed by atoms with E-state index in [-0.39, 0.29) is 41.1 Å². The smallest absolute Gasteiger partial charge is 0.324 e. The minimum absolute atomic E-state index is 0.0281. The molecule has 1 N–H and O–H groups in total. The van der Waals surface area contributed by atoms with Crippen LogP contribution >= 0.6 is 23.4 Å². The number of amides is 3. The van der Waals surface area contributed by atoms with Crippen molar-refractivity contribution >= 4 is 41.3 Å². The number of alkyl halides is 1. The Morgan fingerprint density at radius 1 is 1.26 bits per heavy atom. The van der Waals surface area contributed by atoms with Gasteiger partial charge in [-0.3, -0.25) is 14.5 Å². The molecule has 2 saturated heterocycles. The van der Waals surface area contributed by atoms with Crippen LogP contribution in [0.25, 0.3) is 0 Å². The Morgan fingerprint density at radius 2 is 2.04 bits per heavy atom. The topological polar surface area (TPSA) is 75.7 Å². The number of thioether (sulfide) groups is 1. The van der Waals surface area contributed by atoms with Crippen molar-refractivity contribution in [1.29, 1.82) is 0 Å². The van der Waals surface area contributed by atoms with E-state index in [1.807, 2.05) is 30.3 Å².